The Hall–Kier alpha value is -2.97. The molecule has 2 aromatic carbocycles. The highest BCUT2D eigenvalue weighted by atomic mass is 16.6. The molecule has 35 heavy (non-hydrogen) atoms. The van der Waals surface area contributed by atoms with Crippen LogP contribution in [0.15, 0.2) is 42.5 Å². The third-order valence-electron chi connectivity index (χ3n) is 5.75. The van der Waals surface area contributed by atoms with Gasteiger partial charge in [0.05, 0.1) is 13.2 Å². The third-order valence-corrected chi connectivity index (χ3v) is 5.75. The molecule has 0 amide bonds. The summed E-state index contributed by atoms with van der Waals surface area (Å²) < 4.78 is 20.8. The summed E-state index contributed by atoms with van der Waals surface area (Å²) in [5.74, 6) is -3.84. The summed E-state index contributed by atoms with van der Waals surface area (Å²) in [5.41, 5.74) is -1.42. The zero-order valence-electron chi connectivity index (χ0n) is 20.8. The summed E-state index contributed by atoms with van der Waals surface area (Å²) in [6.07, 6.45) is 2.63. The summed E-state index contributed by atoms with van der Waals surface area (Å²) >= 11 is 0. The Balaban J connectivity index is 1.98. The number of esters is 2. The van der Waals surface area contributed by atoms with Gasteiger partial charge in [0.1, 0.15) is 0 Å². The highest BCUT2D eigenvalue weighted by Gasteiger charge is 2.60. The normalized spacial score (nSPS) is 13.7. The van der Waals surface area contributed by atoms with Crippen LogP contribution in [0, 0.1) is 0 Å². The lowest BCUT2D eigenvalue weighted by atomic mass is 9.96. The van der Waals surface area contributed by atoms with Gasteiger partial charge < -0.3 is 24.1 Å². The number of hydrogen-bond acceptors (Lipinski definition) is 7. The minimum absolute atomic E-state index is 0.00521. The van der Waals surface area contributed by atoms with Gasteiger partial charge in [0.15, 0.2) is 0 Å². The van der Waals surface area contributed by atoms with Crippen LogP contribution in [0.4, 0.5) is 0 Å². The second-order valence-corrected chi connectivity index (χ2v) is 8.23. The van der Waals surface area contributed by atoms with Crippen molar-refractivity contribution in [3.05, 3.63) is 48.0 Å². The molecule has 8 heteroatoms. The van der Waals surface area contributed by atoms with Crippen molar-refractivity contribution < 1.29 is 38.4 Å². The van der Waals surface area contributed by atoms with Gasteiger partial charge in [-0.3, -0.25) is 0 Å². The lowest BCUT2D eigenvalue weighted by molar-refractivity contribution is -0.211. The molecule has 1 N–H and O–H groups in total. The maximum Gasteiger partial charge on any atom is 0.353 e. The van der Waals surface area contributed by atoms with Crippen molar-refractivity contribution in [3.63, 3.8) is 0 Å². The average Bonchev–Trinajstić information content (AvgIpc) is 2.85. The van der Waals surface area contributed by atoms with Crippen LogP contribution in [0.25, 0.3) is 10.8 Å². The second kappa shape index (κ2) is 14.4. The summed E-state index contributed by atoms with van der Waals surface area (Å²) in [6.45, 7) is 3.55. The first kappa shape index (κ1) is 28.3. The molecule has 0 saturated carbocycles. The van der Waals surface area contributed by atoms with E-state index in [1.807, 2.05) is 19.1 Å². The van der Waals surface area contributed by atoms with E-state index in [0.717, 1.165) is 32.8 Å². The predicted octanol–water partition coefficient (Wildman–Crippen LogP) is 4.31. The van der Waals surface area contributed by atoms with Crippen LogP contribution in [0.2, 0.25) is 0 Å². The van der Waals surface area contributed by atoms with Gasteiger partial charge in [-0.1, -0.05) is 62.2 Å². The fourth-order valence-corrected chi connectivity index (χ4v) is 3.77. The van der Waals surface area contributed by atoms with Crippen LogP contribution in [0.1, 0.15) is 51.5 Å². The van der Waals surface area contributed by atoms with Crippen molar-refractivity contribution in [2.45, 2.75) is 64.1 Å². The SMILES string of the molecule is CCCCOC(=O)C(OC)(C(=O)O)C(OCCCCCc1ccc2ccccc2c1)C(=O)OCC. The maximum atomic E-state index is 12.7. The van der Waals surface area contributed by atoms with Crippen LogP contribution < -0.4 is 0 Å². The third kappa shape index (κ3) is 7.50. The zero-order chi connectivity index (χ0) is 25.7. The number of carboxylic acid groups (broad SMARTS) is 1. The van der Waals surface area contributed by atoms with Crippen molar-refractivity contribution in [3.8, 4) is 0 Å². The molecule has 0 aromatic heterocycles. The van der Waals surface area contributed by atoms with E-state index in [0.29, 0.717) is 12.8 Å². The van der Waals surface area contributed by atoms with Crippen LogP contribution in [-0.4, -0.2) is 61.6 Å². The van der Waals surface area contributed by atoms with Gasteiger partial charge in [0.25, 0.3) is 5.60 Å². The quantitative estimate of drug-likeness (QED) is 0.211. The van der Waals surface area contributed by atoms with Gasteiger partial charge in [-0.2, -0.15) is 0 Å². The maximum absolute atomic E-state index is 12.7. The molecule has 0 spiro atoms. The molecule has 8 nitrogen and oxygen atoms in total. The first-order valence-corrected chi connectivity index (χ1v) is 12.1. The van der Waals surface area contributed by atoms with E-state index in [1.165, 1.54) is 16.3 Å². The number of aryl methyl sites for hydroxylation is 1. The molecular weight excluding hydrogens is 452 g/mol. The number of carbonyl (C=O) groups is 3. The predicted molar refractivity (Wildman–Crippen MR) is 131 cm³/mol. The Morgan fingerprint density at radius 3 is 2.31 bits per heavy atom. The number of rotatable bonds is 16. The first-order chi connectivity index (χ1) is 16.9. The number of carboxylic acids is 1. The topological polar surface area (TPSA) is 108 Å². The molecule has 2 unspecified atom stereocenters. The molecule has 0 radical (unpaired) electrons. The molecule has 192 valence electrons. The van der Waals surface area contributed by atoms with E-state index in [1.54, 1.807) is 6.92 Å². The lowest BCUT2D eigenvalue weighted by Gasteiger charge is -2.31. The molecule has 0 fully saturated rings. The Bertz CT molecular complexity index is 973. The van der Waals surface area contributed by atoms with E-state index in [2.05, 4.69) is 30.3 Å². The Morgan fingerprint density at radius 1 is 0.914 bits per heavy atom. The van der Waals surface area contributed by atoms with Crippen LogP contribution in [-0.2, 0) is 39.8 Å². The van der Waals surface area contributed by atoms with E-state index in [9.17, 15) is 19.5 Å². The van der Waals surface area contributed by atoms with Crippen molar-refractivity contribution in [1.29, 1.82) is 0 Å². The number of hydrogen-bond donors (Lipinski definition) is 1. The standard InChI is InChI=1S/C27H36O8/c1-4-6-17-35-26(31)27(32-3,25(29)30)23(24(28)33-5-2)34-18-11-7-8-12-20-15-16-21-13-9-10-14-22(21)19-20/h9-10,13-16,19,23H,4-8,11-12,17-18H2,1-3H3,(H,29,30). The van der Waals surface area contributed by atoms with Crippen LogP contribution in [0.3, 0.4) is 0 Å². The molecule has 2 atom stereocenters. The lowest BCUT2D eigenvalue weighted by Crippen LogP contribution is -2.62. The molecule has 0 aliphatic heterocycles. The summed E-state index contributed by atoms with van der Waals surface area (Å²) in [7, 11) is 1.04. The van der Waals surface area contributed by atoms with Gasteiger partial charge in [-0.15, -0.1) is 0 Å². The Kier molecular flexibility index (Phi) is 11.7. The van der Waals surface area contributed by atoms with Gasteiger partial charge in [-0.05, 0) is 48.9 Å². The number of carbonyl (C=O) groups excluding carboxylic acids is 2. The van der Waals surface area contributed by atoms with Gasteiger partial charge in [-0.25, -0.2) is 14.4 Å². The second-order valence-electron chi connectivity index (χ2n) is 8.23. The van der Waals surface area contributed by atoms with Crippen molar-refractivity contribution in [2.24, 2.45) is 0 Å². The van der Waals surface area contributed by atoms with Crippen LogP contribution >= 0.6 is 0 Å². The van der Waals surface area contributed by atoms with Crippen molar-refractivity contribution >= 4 is 28.7 Å². The number of benzene rings is 2. The van der Waals surface area contributed by atoms with E-state index in [4.69, 9.17) is 18.9 Å². The Morgan fingerprint density at radius 2 is 1.66 bits per heavy atom. The summed E-state index contributed by atoms with van der Waals surface area (Å²) in [6, 6.07) is 14.6. The van der Waals surface area contributed by atoms with Crippen LogP contribution in [0.5, 0.6) is 0 Å². The molecule has 0 aliphatic rings. The number of fused-ring (bicyclic) bond motifs is 1. The highest BCUT2D eigenvalue weighted by molar-refractivity contribution is 6.07. The fraction of sp³-hybridized carbons (Fsp3) is 0.519. The fourth-order valence-electron chi connectivity index (χ4n) is 3.77. The number of methoxy groups -OCH3 is 1. The molecule has 2 rings (SSSR count). The molecular formula is C27H36O8. The van der Waals surface area contributed by atoms with Gasteiger partial charge >= 0.3 is 17.9 Å². The van der Waals surface area contributed by atoms with E-state index in [-0.39, 0.29) is 19.8 Å². The van der Waals surface area contributed by atoms with Gasteiger partial charge in [0, 0.05) is 13.7 Å². The average molecular weight is 489 g/mol. The van der Waals surface area contributed by atoms with E-state index >= 15 is 0 Å². The number of aliphatic carboxylic acids is 1. The zero-order valence-corrected chi connectivity index (χ0v) is 20.8. The summed E-state index contributed by atoms with van der Waals surface area (Å²) in [4.78, 5) is 37.5. The Labute approximate surface area is 206 Å². The molecule has 0 saturated heterocycles. The number of ether oxygens (including phenoxy) is 4. The minimum atomic E-state index is -2.65. The molecule has 0 aliphatic carbocycles. The highest BCUT2D eigenvalue weighted by Crippen LogP contribution is 2.24. The minimum Gasteiger partial charge on any atom is -0.479 e. The number of unbranched alkanes of at least 4 members (excludes halogenated alkanes) is 3. The largest absolute Gasteiger partial charge is 0.479 e. The van der Waals surface area contributed by atoms with Crippen molar-refractivity contribution in [1.82, 2.24) is 0 Å². The molecule has 0 heterocycles. The molecule has 0 bridgehead atoms. The first-order valence-electron chi connectivity index (χ1n) is 12.1. The van der Waals surface area contributed by atoms with Crippen molar-refractivity contribution in [2.75, 3.05) is 26.9 Å². The summed E-state index contributed by atoms with van der Waals surface area (Å²) in [5, 5.41) is 12.3. The monoisotopic (exact) mass is 488 g/mol. The van der Waals surface area contributed by atoms with E-state index < -0.39 is 29.6 Å². The smallest absolute Gasteiger partial charge is 0.353 e. The molecule has 2 aromatic rings. The van der Waals surface area contributed by atoms with Gasteiger partial charge in [0.2, 0.25) is 6.10 Å².